The van der Waals surface area contributed by atoms with Gasteiger partial charge in [-0.25, -0.2) is 9.97 Å². The van der Waals surface area contributed by atoms with Gasteiger partial charge in [0.2, 0.25) is 0 Å². The van der Waals surface area contributed by atoms with Gasteiger partial charge in [0.1, 0.15) is 5.82 Å². The van der Waals surface area contributed by atoms with Crippen LogP contribution in [0.25, 0.3) is 11.4 Å². The molecule has 0 unspecified atom stereocenters. The van der Waals surface area contributed by atoms with E-state index in [9.17, 15) is 0 Å². The Morgan fingerprint density at radius 2 is 2.05 bits per heavy atom. The molecule has 0 aliphatic heterocycles. The molecule has 5 nitrogen and oxygen atoms in total. The summed E-state index contributed by atoms with van der Waals surface area (Å²) in [6.45, 7) is 2.00. The van der Waals surface area contributed by atoms with E-state index in [0.29, 0.717) is 0 Å². The summed E-state index contributed by atoms with van der Waals surface area (Å²) in [7, 11) is 1.92. The van der Waals surface area contributed by atoms with Crippen LogP contribution in [0.5, 0.6) is 0 Å². The first-order valence-corrected chi connectivity index (χ1v) is 7.94. The van der Waals surface area contributed by atoms with Crippen LogP contribution >= 0.6 is 23.1 Å². The largest absolute Gasteiger partial charge is 0.265 e. The lowest BCUT2D eigenvalue weighted by molar-refractivity contribution is 0.731. The Bertz CT molecular complexity index is 705. The van der Waals surface area contributed by atoms with Crippen molar-refractivity contribution in [1.82, 2.24) is 24.7 Å². The lowest BCUT2D eigenvalue weighted by atomic mass is 10.3. The highest BCUT2D eigenvalue weighted by atomic mass is 32.2. The normalized spacial score (nSPS) is 10.9. The number of thiazole rings is 1. The van der Waals surface area contributed by atoms with E-state index in [1.165, 1.54) is 0 Å². The Balaban J connectivity index is 1.76. The van der Waals surface area contributed by atoms with Crippen molar-refractivity contribution in [3.05, 3.63) is 41.4 Å². The molecule has 0 amide bonds. The van der Waals surface area contributed by atoms with Crippen LogP contribution in [0.1, 0.15) is 11.5 Å². The number of hydrogen-bond acceptors (Lipinski definition) is 6. The molecule has 0 aliphatic rings. The molecule has 0 N–H and O–H groups in total. The predicted octanol–water partition coefficient (Wildman–Crippen LogP) is 2.93. The van der Waals surface area contributed by atoms with Gasteiger partial charge in [-0.3, -0.25) is 9.67 Å². The molecule has 102 valence electrons. The molecule has 3 aromatic rings. The minimum Gasteiger partial charge on any atom is -0.265 e. The predicted molar refractivity (Wildman–Crippen MR) is 80.6 cm³/mol. The average Bonchev–Trinajstić information content (AvgIpc) is 3.04. The van der Waals surface area contributed by atoms with Crippen LogP contribution in [0.4, 0.5) is 0 Å². The Labute approximate surface area is 125 Å². The number of nitrogens with zero attached hydrogens (tertiary/aromatic N) is 5. The molecule has 0 bridgehead atoms. The average molecular weight is 303 g/mol. The molecule has 0 radical (unpaired) electrons. The van der Waals surface area contributed by atoms with Crippen LogP contribution in [0.2, 0.25) is 0 Å². The molecule has 3 rings (SSSR count). The summed E-state index contributed by atoms with van der Waals surface area (Å²) >= 11 is 3.35. The second-order valence-electron chi connectivity index (χ2n) is 4.25. The summed E-state index contributed by atoms with van der Waals surface area (Å²) in [5, 5.41) is 6.50. The summed E-state index contributed by atoms with van der Waals surface area (Å²) in [5.74, 6) is 2.44. The number of thioether (sulfide) groups is 1. The third-order valence-electron chi connectivity index (χ3n) is 2.71. The fourth-order valence-electron chi connectivity index (χ4n) is 1.69. The highest BCUT2D eigenvalue weighted by molar-refractivity contribution is 8.00. The summed E-state index contributed by atoms with van der Waals surface area (Å²) in [6.07, 6.45) is 3.50. The summed E-state index contributed by atoms with van der Waals surface area (Å²) < 4.78 is 2.89. The fourth-order valence-corrected chi connectivity index (χ4v) is 3.52. The molecule has 7 heteroatoms. The number of rotatable bonds is 4. The number of aryl methyl sites for hydroxylation is 2. The maximum absolute atomic E-state index is 4.58. The first-order valence-electron chi connectivity index (χ1n) is 6.07. The Kier molecular flexibility index (Phi) is 3.79. The molecule has 0 atom stereocenters. The summed E-state index contributed by atoms with van der Waals surface area (Å²) in [4.78, 5) is 13.0. The van der Waals surface area contributed by atoms with Crippen molar-refractivity contribution >= 4 is 23.1 Å². The van der Waals surface area contributed by atoms with Crippen LogP contribution < -0.4 is 0 Å². The van der Waals surface area contributed by atoms with Gasteiger partial charge in [0.25, 0.3) is 0 Å². The van der Waals surface area contributed by atoms with E-state index < -0.39 is 0 Å². The van der Waals surface area contributed by atoms with Crippen molar-refractivity contribution in [2.24, 2.45) is 7.05 Å². The lowest BCUT2D eigenvalue weighted by Gasteiger charge is -1.96. The topological polar surface area (TPSA) is 56.5 Å². The maximum atomic E-state index is 4.58. The van der Waals surface area contributed by atoms with Gasteiger partial charge in [0.05, 0.1) is 5.75 Å². The van der Waals surface area contributed by atoms with E-state index >= 15 is 0 Å². The molecule has 3 aromatic heterocycles. The third-order valence-corrected chi connectivity index (χ3v) is 4.85. The molecule has 0 aromatic carbocycles. The zero-order valence-electron chi connectivity index (χ0n) is 11.1. The van der Waals surface area contributed by atoms with E-state index in [1.54, 1.807) is 35.5 Å². The van der Waals surface area contributed by atoms with Gasteiger partial charge < -0.3 is 0 Å². The quantitative estimate of drug-likeness (QED) is 0.694. The smallest absolute Gasteiger partial charge is 0.181 e. The Morgan fingerprint density at radius 1 is 1.25 bits per heavy atom. The second kappa shape index (κ2) is 5.72. The van der Waals surface area contributed by atoms with Crippen molar-refractivity contribution < 1.29 is 0 Å². The highest BCUT2D eigenvalue weighted by Gasteiger charge is 2.10. The van der Waals surface area contributed by atoms with Crippen LogP contribution in [0.15, 0.2) is 34.2 Å². The molecule has 20 heavy (non-hydrogen) atoms. The fraction of sp³-hybridized carbons (Fsp3) is 0.231. The minimum atomic E-state index is 0.737. The lowest BCUT2D eigenvalue weighted by Crippen LogP contribution is -1.97. The molecule has 0 fully saturated rings. The van der Waals surface area contributed by atoms with Crippen molar-refractivity contribution in [2.45, 2.75) is 17.0 Å². The van der Waals surface area contributed by atoms with Crippen molar-refractivity contribution in [3.63, 3.8) is 0 Å². The van der Waals surface area contributed by atoms with Crippen LogP contribution in [-0.2, 0) is 12.8 Å². The number of hydrogen-bond donors (Lipinski definition) is 0. The van der Waals surface area contributed by atoms with E-state index in [-0.39, 0.29) is 0 Å². The Hall–Kier alpha value is -1.73. The van der Waals surface area contributed by atoms with Gasteiger partial charge in [-0.2, -0.15) is 5.10 Å². The van der Waals surface area contributed by atoms with E-state index in [1.807, 2.05) is 30.8 Å². The second-order valence-corrected chi connectivity index (χ2v) is 6.34. The molecular weight excluding hydrogens is 290 g/mol. The van der Waals surface area contributed by atoms with E-state index in [2.05, 4.69) is 25.4 Å². The summed E-state index contributed by atoms with van der Waals surface area (Å²) in [5.41, 5.74) is 2.05. The molecule has 0 saturated carbocycles. The zero-order chi connectivity index (χ0) is 13.9. The molecule has 3 heterocycles. The molecule has 0 saturated heterocycles. The summed E-state index contributed by atoms with van der Waals surface area (Å²) in [6, 6.07) is 3.83. The SMILES string of the molecule is Cc1csc(SCc2nc(-c3ccncc3)nn2C)n1. The van der Waals surface area contributed by atoms with E-state index in [4.69, 9.17) is 0 Å². The minimum absolute atomic E-state index is 0.737. The van der Waals surface area contributed by atoms with Crippen molar-refractivity contribution in [1.29, 1.82) is 0 Å². The molecular formula is C13H13N5S2. The van der Waals surface area contributed by atoms with Gasteiger partial charge >= 0.3 is 0 Å². The van der Waals surface area contributed by atoms with Crippen molar-refractivity contribution in [2.75, 3.05) is 0 Å². The van der Waals surface area contributed by atoms with Gasteiger partial charge in [-0.05, 0) is 19.1 Å². The number of pyridine rings is 1. The van der Waals surface area contributed by atoms with Crippen molar-refractivity contribution in [3.8, 4) is 11.4 Å². The van der Waals surface area contributed by atoms with E-state index in [0.717, 1.165) is 33.0 Å². The molecule has 0 spiro atoms. The van der Waals surface area contributed by atoms with Gasteiger partial charge in [0.15, 0.2) is 10.2 Å². The van der Waals surface area contributed by atoms with Crippen LogP contribution in [0, 0.1) is 6.92 Å². The first-order chi connectivity index (χ1) is 9.72. The molecule has 0 aliphatic carbocycles. The highest BCUT2D eigenvalue weighted by Crippen LogP contribution is 2.26. The third kappa shape index (κ3) is 2.88. The van der Waals surface area contributed by atoms with Gasteiger partial charge in [0, 0.05) is 36.1 Å². The zero-order valence-corrected chi connectivity index (χ0v) is 12.8. The van der Waals surface area contributed by atoms with Crippen LogP contribution in [0.3, 0.4) is 0 Å². The monoisotopic (exact) mass is 303 g/mol. The van der Waals surface area contributed by atoms with Gasteiger partial charge in [-0.15, -0.1) is 11.3 Å². The first kappa shape index (κ1) is 13.3. The van der Waals surface area contributed by atoms with Crippen LogP contribution in [-0.4, -0.2) is 24.7 Å². The number of aromatic nitrogens is 5. The maximum Gasteiger partial charge on any atom is 0.181 e. The van der Waals surface area contributed by atoms with Gasteiger partial charge in [-0.1, -0.05) is 11.8 Å². The standard InChI is InChI=1S/C13H13N5S2/c1-9-7-19-13(15-9)20-8-11-16-12(17-18(11)2)10-3-5-14-6-4-10/h3-7H,8H2,1-2H3. The Morgan fingerprint density at radius 3 is 2.75 bits per heavy atom.